The molecule has 4 fully saturated rings. The minimum absolute atomic E-state index is 0.139. The molecule has 4 unspecified atom stereocenters. The number of nitrogens with one attached hydrogen (secondary N) is 2. The second-order valence-electron chi connectivity index (χ2n) is 9.84. The van der Waals surface area contributed by atoms with Crippen molar-refractivity contribution >= 4 is 49.8 Å². The molecule has 1 saturated carbocycles. The lowest BCUT2D eigenvalue weighted by Gasteiger charge is -2.37. The van der Waals surface area contributed by atoms with Crippen LogP contribution < -0.4 is 15.4 Å². The lowest BCUT2D eigenvalue weighted by atomic mass is 10.1. The van der Waals surface area contributed by atoms with Gasteiger partial charge in [0.25, 0.3) is 0 Å². The van der Waals surface area contributed by atoms with Crippen LogP contribution in [0.2, 0.25) is 0 Å². The smallest absolute Gasteiger partial charge is 0.386 e. The Hall–Kier alpha value is -1.27. The first-order valence-corrected chi connectivity index (χ1v) is 17.8. The van der Waals surface area contributed by atoms with E-state index in [1.165, 1.54) is 12.7 Å². The Labute approximate surface area is 239 Å². The molecule has 6 rings (SSSR count). The number of hydrogen-bond donors (Lipinski definition) is 5. The summed E-state index contributed by atoms with van der Waals surface area (Å²) in [4.78, 5) is 36.9. The average Bonchev–Trinajstić information content (AvgIpc) is 3.58. The third-order valence-electron chi connectivity index (χ3n) is 7.24. The van der Waals surface area contributed by atoms with E-state index in [-0.39, 0.29) is 31.9 Å². The Morgan fingerprint density at radius 2 is 2.08 bits per heavy atom. The highest BCUT2D eigenvalue weighted by Gasteiger charge is 2.54. The molecule has 16 nitrogen and oxygen atoms in total. The molecule has 1 aliphatic carbocycles. The number of carbonyl (C=O) groups excluding carboxylic acids is 1. The SMILES string of the molecule is O=C1NCNC2C1N=CN2[C@@H]1O[C@@H]2COP(O)(=S)O[C@H]3C[C@H](Oc4ccncn4)C[C@@H]3COP(=O)(S)O[C@@H]1[C@@H]2O. The number of fused-ring (bicyclic) bond motifs is 4. The van der Waals surface area contributed by atoms with E-state index in [0.717, 1.165) is 0 Å². The molecule has 11 atom stereocenters. The van der Waals surface area contributed by atoms with E-state index in [0.29, 0.717) is 18.7 Å². The van der Waals surface area contributed by atoms with Gasteiger partial charge in [-0.15, -0.1) is 0 Å². The van der Waals surface area contributed by atoms with Gasteiger partial charge in [-0.2, -0.15) is 0 Å². The zero-order valence-corrected chi connectivity index (χ0v) is 24.2. The van der Waals surface area contributed by atoms with Crippen molar-refractivity contribution in [2.45, 2.75) is 61.8 Å². The van der Waals surface area contributed by atoms with Crippen LogP contribution in [-0.4, -0.2) is 106 Å². The van der Waals surface area contributed by atoms with Gasteiger partial charge in [-0.05, 0) is 18.2 Å². The topological polar surface area (TPSA) is 195 Å². The number of aliphatic hydroxyl groups excluding tert-OH is 1. The molecule has 4 N–H and O–H groups in total. The minimum atomic E-state index is -4.08. The van der Waals surface area contributed by atoms with E-state index in [4.69, 9.17) is 39.4 Å². The van der Waals surface area contributed by atoms with Gasteiger partial charge in [0.15, 0.2) is 12.3 Å². The standard InChI is InChI=1S/C20H28N6O10P2S2/c27-16-13-6-32-37(29,39)35-12-4-11(33-14-1-2-21-7-22-14)3-10(12)5-31-38(30,40)36-17(16)20(34-13)26-9-25-15-18(26)23-8-24-19(15)28/h1-2,7,9-13,15-18,20,23,27H,3-6,8H2,(H,24,28)(H,29,39)(H,30,40)/t10-,11-,12+,13-,15?,16-,17-,18?,20-,37?,38?/m1/s1. The maximum Gasteiger partial charge on any atom is 0.386 e. The third-order valence-corrected chi connectivity index (χ3v) is 10.4. The van der Waals surface area contributed by atoms with Crippen LogP contribution in [0.1, 0.15) is 12.8 Å². The van der Waals surface area contributed by atoms with Gasteiger partial charge in [0.2, 0.25) is 11.8 Å². The van der Waals surface area contributed by atoms with E-state index in [1.807, 2.05) is 0 Å². The molecule has 0 aromatic carbocycles. The second-order valence-corrected chi connectivity index (χ2v) is 15.5. The average molecular weight is 639 g/mol. The number of rotatable bonds is 3. The van der Waals surface area contributed by atoms with Gasteiger partial charge in [-0.1, -0.05) is 12.2 Å². The fraction of sp³-hybridized carbons (Fsp3) is 0.700. The van der Waals surface area contributed by atoms with Crippen molar-refractivity contribution in [2.24, 2.45) is 10.9 Å². The molecule has 0 spiro atoms. The molecule has 40 heavy (non-hydrogen) atoms. The van der Waals surface area contributed by atoms with Gasteiger partial charge < -0.3 is 43.3 Å². The molecule has 3 saturated heterocycles. The number of carbonyl (C=O) groups is 1. The normalized spacial score (nSPS) is 45.5. The van der Waals surface area contributed by atoms with Crippen LogP contribution >= 0.6 is 25.8 Å². The van der Waals surface area contributed by atoms with Crippen molar-refractivity contribution in [2.75, 3.05) is 19.9 Å². The molecule has 5 heterocycles. The summed E-state index contributed by atoms with van der Waals surface area (Å²) >= 11 is 9.44. The lowest BCUT2D eigenvalue weighted by molar-refractivity contribution is -0.128. The number of ether oxygens (including phenoxy) is 2. The molecular formula is C20H28N6O10P2S2. The van der Waals surface area contributed by atoms with Crippen molar-refractivity contribution < 1.29 is 46.9 Å². The quantitative estimate of drug-likeness (QED) is 0.210. The van der Waals surface area contributed by atoms with Crippen molar-refractivity contribution in [1.29, 1.82) is 0 Å². The Morgan fingerprint density at radius 3 is 2.88 bits per heavy atom. The molecule has 2 bridgehead atoms. The first-order valence-electron chi connectivity index (χ1n) is 12.5. The molecule has 4 aliphatic heterocycles. The van der Waals surface area contributed by atoms with Crippen molar-refractivity contribution in [3.63, 3.8) is 0 Å². The van der Waals surface area contributed by atoms with E-state index < -0.39 is 62.3 Å². The predicted octanol–water partition coefficient (Wildman–Crippen LogP) is -0.493. The predicted molar refractivity (Wildman–Crippen MR) is 143 cm³/mol. The third kappa shape index (κ3) is 6.09. The Bertz CT molecular complexity index is 1240. The van der Waals surface area contributed by atoms with E-state index >= 15 is 0 Å². The van der Waals surface area contributed by atoms with E-state index in [1.54, 1.807) is 17.2 Å². The first kappa shape index (κ1) is 28.8. The molecule has 1 aromatic heterocycles. The number of aliphatic hydroxyl groups is 1. The summed E-state index contributed by atoms with van der Waals surface area (Å²) in [5.74, 6) is -0.334. The zero-order chi connectivity index (χ0) is 28.1. The number of aliphatic imine (C=N–C) groups is 1. The largest absolute Gasteiger partial charge is 0.474 e. The number of aromatic nitrogens is 2. The van der Waals surface area contributed by atoms with Gasteiger partial charge in [-0.25, -0.2) is 14.5 Å². The van der Waals surface area contributed by atoms with E-state index in [2.05, 4.69) is 37.8 Å². The summed E-state index contributed by atoms with van der Waals surface area (Å²) in [6, 6.07) is 0.852. The zero-order valence-electron chi connectivity index (χ0n) is 20.7. The fourth-order valence-corrected chi connectivity index (χ4v) is 8.39. The number of thiol groups is 1. The monoisotopic (exact) mass is 638 g/mol. The fourth-order valence-electron chi connectivity index (χ4n) is 5.37. The highest BCUT2D eigenvalue weighted by molar-refractivity contribution is 8.44. The Kier molecular flexibility index (Phi) is 8.24. The van der Waals surface area contributed by atoms with Crippen molar-refractivity contribution in [3.8, 4) is 5.88 Å². The summed E-state index contributed by atoms with van der Waals surface area (Å²) < 4.78 is 48.2. The van der Waals surface area contributed by atoms with Crippen molar-refractivity contribution in [3.05, 3.63) is 18.6 Å². The lowest BCUT2D eigenvalue weighted by Crippen LogP contribution is -2.63. The maximum atomic E-state index is 13.4. The van der Waals surface area contributed by atoms with Gasteiger partial charge >= 0.3 is 13.5 Å². The Balaban J connectivity index is 1.21. The summed E-state index contributed by atoms with van der Waals surface area (Å²) in [7, 11) is 0. The van der Waals surface area contributed by atoms with E-state index in [9.17, 15) is 19.4 Å². The van der Waals surface area contributed by atoms with Gasteiger partial charge in [0.1, 0.15) is 36.9 Å². The Morgan fingerprint density at radius 1 is 1.23 bits per heavy atom. The van der Waals surface area contributed by atoms with Crippen LogP contribution in [-0.2, 0) is 44.0 Å². The molecule has 0 radical (unpaired) electrons. The van der Waals surface area contributed by atoms with Crippen LogP contribution in [0.25, 0.3) is 0 Å². The maximum absolute atomic E-state index is 13.4. The second kappa shape index (κ2) is 11.4. The summed E-state index contributed by atoms with van der Waals surface area (Å²) in [5, 5.41) is 16.9. The highest BCUT2D eigenvalue weighted by Crippen LogP contribution is 2.58. The molecule has 1 amide bonds. The van der Waals surface area contributed by atoms with Crippen molar-refractivity contribution in [1.82, 2.24) is 25.5 Å². The van der Waals surface area contributed by atoms with Crippen LogP contribution in [0.5, 0.6) is 5.88 Å². The number of amides is 1. The van der Waals surface area contributed by atoms with Gasteiger partial charge in [0.05, 0.1) is 32.3 Å². The summed E-state index contributed by atoms with van der Waals surface area (Å²) in [5.41, 5.74) is 0. The van der Waals surface area contributed by atoms with Crippen LogP contribution in [0, 0.1) is 5.92 Å². The summed E-state index contributed by atoms with van der Waals surface area (Å²) in [6.07, 6.45) is -1.37. The van der Waals surface area contributed by atoms with Crippen LogP contribution in [0.4, 0.5) is 0 Å². The molecule has 220 valence electrons. The number of hydrogen-bond acceptors (Lipinski definition) is 15. The van der Waals surface area contributed by atoms with Gasteiger partial charge in [0, 0.05) is 24.6 Å². The molecule has 1 aromatic rings. The molecule has 20 heteroatoms. The highest BCUT2D eigenvalue weighted by atomic mass is 32.7. The molecular weight excluding hydrogens is 610 g/mol. The summed E-state index contributed by atoms with van der Waals surface area (Å²) in [6.45, 7) is -8.21. The van der Waals surface area contributed by atoms with Gasteiger partial charge in [-0.3, -0.25) is 19.6 Å². The van der Waals surface area contributed by atoms with Crippen LogP contribution in [0.15, 0.2) is 23.6 Å². The number of nitrogens with zero attached hydrogens (tertiary/aromatic N) is 4. The first-order chi connectivity index (χ1) is 19.1. The minimum Gasteiger partial charge on any atom is -0.474 e. The van der Waals surface area contributed by atoms with Crippen LogP contribution in [0.3, 0.4) is 0 Å². The molecule has 5 aliphatic rings.